The fourth-order valence-corrected chi connectivity index (χ4v) is 4.59. The predicted molar refractivity (Wildman–Crippen MR) is 115 cm³/mol. The van der Waals surface area contributed by atoms with Gasteiger partial charge in [0, 0.05) is 25.2 Å². The zero-order valence-corrected chi connectivity index (χ0v) is 17.6. The van der Waals surface area contributed by atoms with Gasteiger partial charge in [-0.3, -0.25) is 9.13 Å². The largest absolute Gasteiger partial charge is 0.493 e. The number of nitrogens with one attached hydrogen (secondary N) is 1. The smallest absolute Gasteiger partial charge is 0.330 e. The molecule has 0 amide bonds. The third-order valence-electron chi connectivity index (χ3n) is 6.51. The van der Waals surface area contributed by atoms with Gasteiger partial charge in [-0.2, -0.15) is 4.98 Å². The number of rotatable bonds is 3. The van der Waals surface area contributed by atoms with E-state index in [-0.39, 0.29) is 11.7 Å². The summed E-state index contributed by atoms with van der Waals surface area (Å²) in [5.74, 6) is 1.41. The average Bonchev–Trinajstić information content (AvgIpc) is 3.25. The first-order chi connectivity index (χ1) is 14.3. The summed E-state index contributed by atoms with van der Waals surface area (Å²) in [4.78, 5) is 22.1. The van der Waals surface area contributed by atoms with E-state index in [1.165, 1.54) is 5.56 Å². The van der Waals surface area contributed by atoms with Crippen LogP contribution in [0.2, 0.25) is 0 Å². The van der Waals surface area contributed by atoms with E-state index in [1.54, 1.807) is 22.4 Å². The summed E-state index contributed by atoms with van der Waals surface area (Å²) < 4.78 is 9.02. The van der Waals surface area contributed by atoms with E-state index < -0.39 is 5.60 Å². The number of hydrogen-bond acceptors (Lipinski definition) is 6. The standard InChI is InChI=1S/C22H27N5O3/c1-13-10-18-14(6-9-30-18)11-16(13)24-20-23-12-17-19(25-20)27(21(28)26(17)3)15-4-7-22(2,29)8-5-15/h10-12,15,29H,4-9H2,1-3H3,(H,23,24,25). The van der Waals surface area contributed by atoms with E-state index in [0.717, 1.165) is 36.3 Å². The molecule has 3 aromatic rings. The SMILES string of the molecule is Cc1cc2c(cc1Nc1ncc3c(n1)n(C1CCC(C)(O)CC1)c(=O)n3C)CCO2. The summed E-state index contributed by atoms with van der Waals surface area (Å²) >= 11 is 0. The number of imidazole rings is 1. The number of aliphatic hydroxyl groups is 1. The molecule has 158 valence electrons. The highest BCUT2D eigenvalue weighted by Gasteiger charge is 2.32. The van der Waals surface area contributed by atoms with Crippen LogP contribution in [0.25, 0.3) is 11.2 Å². The molecule has 3 heterocycles. The first-order valence-electron chi connectivity index (χ1n) is 10.5. The molecule has 5 rings (SSSR count). The zero-order valence-electron chi connectivity index (χ0n) is 17.6. The molecular weight excluding hydrogens is 382 g/mol. The first kappa shape index (κ1) is 19.1. The van der Waals surface area contributed by atoms with Crippen LogP contribution >= 0.6 is 0 Å². The fraction of sp³-hybridized carbons (Fsp3) is 0.500. The van der Waals surface area contributed by atoms with Gasteiger partial charge in [0.25, 0.3) is 0 Å². The van der Waals surface area contributed by atoms with E-state index >= 15 is 0 Å². The maximum absolute atomic E-state index is 13.0. The Kier molecular flexibility index (Phi) is 4.36. The number of hydrogen-bond donors (Lipinski definition) is 2. The van der Waals surface area contributed by atoms with Crippen molar-refractivity contribution in [3.05, 3.63) is 39.9 Å². The number of benzene rings is 1. The highest BCUT2D eigenvalue weighted by Crippen LogP contribution is 2.36. The lowest BCUT2D eigenvalue weighted by Gasteiger charge is -2.33. The third kappa shape index (κ3) is 3.15. The topological polar surface area (TPSA) is 94.2 Å². The van der Waals surface area contributed by atoms with Gasteiger partial charge in [0.05, 0.1) is 18.4 Å². The highest BCUT2D eigenvalue weighted by molar-refractivity contribution is 5.73. The van der Waals surface area contributed by atoms with E-state index in [4.69, 9.17) is 9.72 Å². The summed E-state index contributed by atoms with van der Waals surface area (Å²) in [5.41, 5.74) is 3.78. The molecule has 1 aliphatic carbocycles. The number of ether oxygens (including phenoxy) is 1. The van der Waals surface area contributed by atoms with Crippen LogP contribution in [0.5, 0.6) is 5.75 Å². The molecule has 0 spiro atoms. The van der Waals surface area contributed by atoms with Crippen LogP contribution in [-0.2, 0) is 13.5 Å². The Morgan fingerprint density at radius 1 is 1.30 bits per heavy atom. The van der Waals surface area contributed by atoms with Crippen molar-refractivity contribution in [1.82, 2.24) is 19.1 Å². The maximum Gasteiger partial charge on any atom is 0.330 e. The minimum Gasteiger partial charge on any atom is -0.493 e. The molecule has 30 heavy (non-hydrogen) atoms. The molecule has 8 nitrogen and oxygen atoms in total. The van der Waals surface area contributed by atoms with Crippen LogP contribution in [0.3, 0.4) is 0 Å². The summed E-state index contributed by atoms with van der Waals surface area (Å²) in [6.45, 7) is 4.60. The maximum atomic E-state index is 13.0. The molecule has 8 heteroatoms. The normalized spacial score (nSPS) is 23.4. The molecule has 2 N–H and O–H groups in total. The molecule has 0 radical (unpaired) electrons. The summed E-state index contributed by atoms with van der Waals surface area (Å²) in [6.07, 6.45) is 5.45. The quantitative estimate of drug-likeness (QED) is 0.691. The van der Waals surface area contributed by atoms with E-state index in [2.05, 4.69) is 16.4 Å². The van der Waals surface area contributed by atoms with Crippen molar-refractivity contribution in [3.8, 4) is 5.75 Å². The number of aromatic nitrogens is 4. The van der Waals surface area contributed by atoms with Gasteiger partial charge in [0.2, 0.25) is 5.95 Å². The van der Waals surface area contributed by atoms with Gasteiger partial charge in [0.15, 0.2) is 5.65 Å². The Balaban J connectivity index is 1.52. The van der Waals surface area contributed by atoms with Gasteiger partial charge in [0.1, 0.15) is 11.3 Å². The highest BCUT2D eigenvalue weighted by atomic mass is 16.5. The lowest BCUT2D eigenvalue weighted by Crippen LogP contribution is -2.35. The van der Waals surface area contributed by atoms with Crippen LogP contribution in [0.4, 0.5) is 11.6 Å². The van der Waals surface area contributed by atoms with Crippen LogP contribution in [-0.4, -0.2) is 36.4 Å². The number of anilines is 2. The van der Waals surface area contributed by atoms with E-state index in [9.17, 15) is 9.90 Å². The van der Waals surface area contributed by atoms with E-state index in [1.807, 2.05) is 19.9 Å². The van der Waals surface area contributed by atoms with Crippen molar-refractivity contribution in [2.75, 3.05) is 11.9 Å². The minimum absolute atomic E-state index is 0.0306. The molecule has 1 fully saturated rings. The molecule has 1 aromatic carbocycles. The Morgan fingerprint density at radius 3 is 2.83 bits per heavy atom. The van der Waals surface area contributed by atoms with Gasteiger partial charge in [-0.05, 0) is 62.8 Å². The summed E-state index contributed by atoms with van der Waals surface area (Å²) in [6, 6.07) is 4.16. The average molecular weight is 409 g/mol. The lowest BCUT2D eigenvalue weighted by molar-refractivity contribution is 0.00991. The Morgan fingerprint density at radius 2 is 2.07 bits per heavy atom. The van der Waals surface area contributed by atoms with Crippen LogP contribution in [0.15, 0.2) is 23.1 Å². The molecule has 1 saturated carbocycles. The second kappa shape index (κ2) is 6.84. The number of nitrogens with zero attached hydrogens (tertiary/aromatic N) is 4. The van der Waals surface area contributed by atoms with Crippen LogP contribution < -0.4 is 15.7 Å². The van der Waals surface area contributed by atoms with E-state index in [0.29, 0.717) is 36.6 Å². The van der Waals surface area contributed by atoms with Crippen molar-refractivity contribution < 1.29 is 9.84 Å². The molecule has 1 aliphatic heterocycles. The fourth-order valence-electron chi connectivity index (χ4n) is 4.59. The third-order valence-corrected chi connectivity index (χ3v) is 6.51. The van der Waals surface area contributed by atoms with Gasteiger partial charge in [-0.1, -0.05) is 0 Å². The molecule has 2 aliphatic rings. The first-order valence-corrected chi connectivity index (χ1v) is 10.5. The summed E-state index contributed by atoms with van der Waals surface area (Å²) in [7, 11) is 1.75. The van der Waals surface area contributed by atoms with Crippen molar-refractivity contribution in [3.63, 3.8) is 0 Å². The zero-order chi connectivity index (χ0) is 21.0. The number of fused-ring (bicyclic) bond motifs is 2. The summed E-state index contributed by atoms with van der Waals surface area (Å²) in [5, 5.41) is 13.6. The predicted octanol–water partition coefficient (Wildman–Crippen LogP) is 2.98. The van der Waals surface area contributed by atoms with Crippen LogP contribution in [0.1, 0.15) is 49.8 Å². The molecular formula is C22H27N5O3. The molecule has 2 aromatic heterocycles. The Labute approximate surface area is 174 Å². The van der Waals surface area contributed by atoms with Crippen molar-refractivity contribution in [2.45, 2.75) is 57.6 Å². The molecule has 0 saturated heterocycles. The second-order valence-electron chi connectivity index (χ2n) is 8.84. The molecule has 0 bridgehead atoms. The second-order valence-corrected chi connectivity index (χ2v) is 8.84. The molecule has 0 unspecified atom stereocenters. The Hall–Kier alpha value is -2.87. The Bertz CT molecular complexity index is 1180. The van der Waals surface area contributed by atoms with Gasteiger partial charge >= 0.3 is 5.69 Å². The number of aryl methyl sites for hydroxylation is 2. The van der Waals surface area contributed by atoms with Gasteiger partial charge in [-0.15, -0.1) is 0 Å². The minimum atomic E-state index is -0.652. The van der Waals surface area contributed by atoms with Crippen LogP contribution in [0, 0.1) is 6.92 Å². The van der Waals surface area contributed by atoms with Gasteiger partial charge < -0.3 is 15.2 Å². The monoisotopic (exact) mass is 409 g/mol. The van der Waals surface area contributed by atoms with Crippen molar-refractivity contribution in [1.29, 1.82) is 0 Å². The molecule has 0 atom stereocenters. The van der Waals surface area contributed by atoms with Gasteiger partial charge in [-0.25, -0.2) is 9.78 Å². The van der Waals surface area contributed by atoms with Crippen molar-refractivity contribution in [2.24, 2.45) is 7.05 Å². The lowest BCUT2D eigenvalue weighted by atomic mass is 9.83. The van der Waals surface area contributed by atoms with Crippen molar-refractivity contribution >= 4 is 22.8 Å².